The maximum Gasteiger partial charge on any atom is 0.246 e. The largest absolute Gasteiger partial charge is 0.343 e. The minimum absolute atomic E-state index is 0.00914. The third kappa shape index (κ3) is 5.16. The Bertz CT molecular complexity index is 388. The molecule has 0 unspecified atom stereocenters. The maximum atomic E-state index is 12.6. The molecule has 1 aliphatic heterocycles. The van der Waals surface area contributed by atoms with Gasteiger partial charge in [0.1, 0.15) is 6.04 Å². The summed E-state index contributed by atoms with van der Waals surface area (Å²) < 4.78 is -0.285. The molecule has 0 aliphatic carbocycles. The molecule has 5 nitrogen and oxygen atoms in total. The summed E-state index contributed by atoms with van der Waals surface area (Å²) in [6.45, 7) is 7.58. The first-order chi connectivity index (χ1) is 10.3. The quantitative estimate of drug-likeness (QED) is 0.743. The van der Waals surface area contributed by atoms with Crippen molar-refractivity contribution in [1.29, 1.82) is 0 Å². The van der Waals surface area contributed by atoms with Crippen LogP contribution in [0.3, 0.4) is 0 Å². The fourth-order valence-electron chi connectivity index (χ4n) is 2.68. The Labute approximate surface area is 139 Å². The first-order valence-electron chi connectivity index (χ1n) is 8.17. The fraction of sp³-hybridized carbons (Fsp3) is 0.875. The minimum Gasteiger partial charge on any atom is -0.343 e. The van der Waals surface area contributed by atoms with Crippen LogP contribution in [0.25, 0.3) is 0 Å². The number of nitrogens with one attached hydrogen (secondary N) is 2. The zero-order chi connectivity index (χ0) is 16.8. The Morgan fingerprint density at radius 1 is 1.50 bits per heavy atom. The molecule has 22 heavy (non-hydrogen) atoms. The highest BCUT2D eigenvalue weighted by Gasteiger charge is 2.41. The lowest BCUT2D eigenvalue weighted by Crippen LogP contribution is -2.56. The van der Waals surface area contributed by atoms with Gasteiger partial charge in [-0.3, -0.25) is 9.59 Å². The fourth-order valence-corrected chi connectivity index (χ4v) is 3.89. The Hall–Kier alpha value is -0.750. The molecule has 0 bridgehead atoms. The normalized spacial score (nSPS) is 23.0. The van der Waals surface area contributed by atoms with Crippen molar-refractivity contribution in [2.24, 2.45) is 5.92 Å². The van der Waals surface area contributed by atoms with Crippen molar-refractivity contribution in [3.63, 3.8) is 0 Å². The van der Waals surface area contributed by atoms with Gasteiger partial charge >= 0.3 is 0 Å². The third-order valence-electron chi connectivity index (χ3n) is 4.23. The zero-order valence-electron chi connectivity index (χ0n) is 14.6. The van der Waals surface area contributed by atoms with E-state index in [9.17, 15) is 9.59 Å². The number of hydrogen-bond acceptors (Lipinski definition) is 4. The molecule has 2 N–H and O–H groups in total. The van der Waals surface area contributed by atoms with Crippen molar-refractivity contribution in [3.8, 4) is 0 Å². The van der Waals surface area contributed by atoms with Crippen LogP contribution >= 0.6 is 11.8 Å². The Morgan fingerprint density at radius 3 is 2.77 bits per heavy atom. The van der Waals surface area contributed by atoms with Crippen LogP contribution in [-0.2, 0) is 9.59 Å². The van der Waals surface area contributed by atoms with Crippen molar-refractivity contribution in [2.45, 2.75) is 50.8 Å². The smallest absolute Gasteiger partial charge is 0.246 e. The van der Waals surface area contributed by atoms with Gasteiger partial charge in [-0.2, -0.15) is 11.8 Å². The van der Waals surface area contributed by atoms with E-state index >= 15 is 0 Å². The summed E-state index contributed by atoms with van der Waals surface area (Å²) >= 11 is 1.75. The van der Waals surface area contributed by atoms with E-state index in [4.69, 9.17) is 0 Å². The van der Waals surface area contributed by atoms with Gasteiger partial charge in [0.2, 0.25) is 11.8 Å². The van der Waals surface area contributed by atoms with E-state index < -0.39 is 6.04 Å². The lowest BCUT2D eigenvalue weighted by atomic mass is 9.97. The van der Waals surface area contributed by atoms with Crippen molar-refractivity contribution >= 4 is 23.6 Å². The predicted molar refractivity (Wildman–Crippen MR) is 93.0 cm³/mol. The summed E-state index contributed by atoms with van der Waals surface area (Å²) in [5.41, 5.74) is 0. The molecule has 1 heterocycles. The first-order valence-corrected chi connectivity index (χ1v) is 9.16. The molecule has 1 rings (SSSR count). The summed E-state index contributed by atoms with van der Waals surface area (Å²) in [6, 6.07) is -0.460. The molecule has 2 amide bonds. The molecule has 6 heteroatoms. The Morgan fingerprint density at radius 2 is 2.18 bits per heavy atom. The van der Waals surface area contributed by atoms with Crippen molar-refractivity contribution in [3.05, 3.63) is 0 Å². The van der Waals surface area contributed by atoms with E-state index in [1.165, 1.54) is 0 Å². The number of amides is 2. The molecule has 1 saturated heterocycles. The van der Waals surface area contributed by atoms with Gasteiger partial charge in [0.05, 0.1) is 5.92 Å². The van der Waals surface area contributed by atoms with Gasteiger partial charge < -0.3 is 15.5 Å². The summed E-state index contributed by atoms with van der Waals surface area (Å²) in [4.78, 5) is 26.9. The number of carbonyl (C=O) groups is 2. The molecule has 0 radical (unpaired) electrons. The number of thioether (sulfide) groups is 1. The van der Waals surface area contributed by atoms with Crippen LogP contribution in [0.15, 0.2) is 0 Å². The summed E-state index contributed by atoms with van der Waals surface area (Å²) in [7, 11) is 3.67. The number of nitrogens with zero attached hydrogens (tertiary/aromatic N) is 1. The Balaban J connectivity index is 2.82. The van der Waals surface area contributed by atoms with Gasteiger partial charge in [-0.05, 0) is 27.3 Å². The molecule has 0 aromatic rings. The summed E-state index contributed by atoms with van der Waals surface area (Å²) in [6.07, 6.45) is 2.95. The lowest BCUT2D eigenvalue weighted by Gasteiger charge is -2.33. The number of unbranched alkanes of at least 4 members (excludes halogenated alkanes) is 1. The predicted octanol–water partition coefficient (Wildman–Crippen LogP) is 1.48. The molecule has 0 saturated carbocycles. The van der Waals surface area contributed by atoms with Crippen LogP contribution in [0.5, 0.6) is 0 Å². The second-order valence-electron chi connectivity index (χ2n) is 6.55. The molecular formula is C16H31N3O2S. The second-order valence-corrected chi connectivity index (χ2v) is 8.30. The van der Waals surface area contributed by atoms with Crippen LogP contribution in [0.4, 0.5) is 0 Å². The zero-order valence-corrected chi connectivity index (χ0v) is 15.4. The van der Waals surface area contributed by atoms with Gasteiger partial charge in [-0.25, -0.2) is 0 Å². The van der Waals surface area contributed by atoms with Crippen molar-refractivity contribution in [1.82, 2.24) is 15.5 Å². The van der Waals surface area contributed by atoms with E-state index in [0.29, 0.717) is 6.54 Å². The number of likely N-dealkylation sites (N-methyl/N-ethyl adjacent to an activating group) is 1. The first kappa shape index (κ1) is 19.3. The highest BCUT2D eigenvalue weighted by molar-refractivity contribution is 8.00. The van der Waals surface area contributed by atoms with E-state index in [1.54, 1.807) is 16.7 Å². The molecule has 0 aromatic carbocycles. The van der Waals surface area contributed by atoms with E-state index in [0.717, 1.165) is 31.6 Å². The van der Waals surface area contributed by atoms with Gasteiger partial charge in [-0.1, -0.05) is 19.8 Å². The van der Waals surface area contributed by atoms with Crippen LogP contribution in [0.1, 0.15) is 40.0 Å². The number of carbonyl (C=O) groups excluding carboxylic acids is 2. The summed E-state index contributed by atoms with van der Waals surface area (Å²) in [5.74, 6) is 0.830. The molecule has 1 aliphatic rings. The second kappa shape index (κ2) is 8.77. The molecule has 2 atom stereocenters. The van der Waals surface area contributed by atoms with Crippen LogP contribution < -0.4 is 10.6 Å². The highest BCUT2D eigenvalue weighted by Crippen LogP contribution is 2.31. The standard InChI is InChI=1S/C16H31N3O2S/c1-6-7-8-12(11-17-4)14(20)18-13-15(21)19(5)9-10-22-16(13,2)3/h12-13,17H,6-11H2,1-5H3,(H,18,20)/t12-,13-/m1/s1. The minimum atomic E-state index is -0.460. The van der Waals surface area contributed by atoms with E-state index in [-0.39, 0.29) is 22.5 Å². The van der Waals surface area contributed by atoms with Crippen LogP contribution in [-0.4, -0.2) is 60.4 Å². The van der Waals surface area contributed by atoms with Gasteiger partial charge in [0.25, 0.3) is 0 Å². The van der Waals surface area contributed by atoms with Gasteiger partial charge in [0, 0.05) is 30.6 Å². The topological polar surface area (TPSA) is 61.4 Å². The number of rotatable bonds is 7. The molecule has 1 fully saturated rings. The monoisotopic (exact) mass is 329 g/mol. The van der Waals surface area contributed by atoms with Gasteiger partial charge in [0.15, 0.2) is 0 Å². The number of hydrogen-bond donors (Lipinski definition) is 2. The lowest BCUT2D eigenvalue weighted by molar-refractivity contribution is -0.136. The molecule has 0 aromatic heterocycles. The summed E-state index contributed by atoms with van der Waals surface area (Å²) in [5, 5.41) is 6.12. The van der Waals surface area contributed by atoms with Crippen LogP contribution in [0, 0.1) is 5.92 Å². The molecule has 0 spiro atoms. The van der Waals surface area contributed by atoms with Crippen molar-refractivity contribution in [2.75, 3.05) is 32.9 Å². The van der Waals surface area contributed by atoms with Crippen LogP contribution in [0.2, 0.25) is 0 Å². The SMILES string of the molecule is CCCC[C@H](CNC)C(=O)N[C@@H]1C(=O)N(C)CCSC1(C)C. The highest BCUT2D eigenvalue weighted by atomic mass is 32.2. The van der Waals surface area contributed by atoms with Crippen molar-refractivity contribution < 1.29 is 9.59 Å². The molecular weight excluding hydrogens is 298 g/mol. The maximum absolute atomic E-state index is 12.6. The van der Waals surface area contributed by atoms with Gasteiger partial charge in [-0.15, -0.1) is 0 Å². The average Bonchev–Trinajstić information content (AvgIpc) is 2.55. The average molecular weight is 330 g/mol. The Kier molecular flexibility index (Phi) is 7.69. The molecule has 128 valence electrons. The van der Waals surface area contributed by atoms with E-state index in [2.05, 4.69) is 17.6 Å². The third-order valence-corrected chi connectivity index (χ3v) is 5.60. The van der Waals surface area contributed by atoms with E-state index in [1.807, 2.05) is 27.9 Å².